The first kappa shape index (κ1) is 16.4. The molecule has 0 radical (unpaired) electrons. The van der Waals surface area contributed by atoms with Crippen molar-refractivity contribution in [2.45, 2.75) is 32.2 Å². The fourth-order valence-corrected chi connectivity index (χ4v) is 2.69. The van der Waals surface area contributed by atoms with E-state index in [0.717, 1.165) is 19.0 Å². The molecule has 1 aliphatic rings. The van der Waals surface area contributed by atoms with Crippen molar-refractivity contribution in [1.29, 1.82) is 0 Å². The summed E-state index contributed by atoms with van der Waals surface area (Å²) in [6.07, 6.45) is 3.19. The van der Waals surface area contributed by atoms with Gasteiger partial charge < -0.3 is 20.2 Å². The fraction of sp³-hybridized carbons (Fsp3) is 0.929. The van der Waals surface area contributed by atoms with Gasteiger partial charge in [-0.3, -0.25) is 4.79 Å². The van der Waals surface area contributed by atoms with Gasteiger partial charge in [0.2, 0.25) is 0 Å². The molecule has 0 saturated carbocycles. The van der Waals surface area contributed by atoms with Crippen molar-refractivity contribution in [3.05, 3.63) is 0 Å². The predicted molar refractivity (Wildman–Crippen MR) is 77.4 cm³/mol. The molecule has 0 aromatic heterocycles. The first-order chi connectivity index (χ1) is 9.02. The number of hydrogen-bond donors (Lipinski definition) is 2. The molecule has 1 saturated heterocycles. The van der Waals surface area contributed by atoms with E-state index in [1.807, 2.05) is 6.92 Å². The predicted octanol–water partition coefficient (Wildman–Crippen LogP) is 0.713. The Morgan fingerprint density at radius 2 is 2.11 bits per heavy atom. The van der Waals surface area contributed by atoms with Gasteiger partial charge in [-0.05, 0) is 65.5 Å². The number of nitrogens with one attached hydrogen (secondary N) is 1. The molecule has 0 aromatic carbocycles. The Morgan fingerprint density at radius 3 is 2.63 bits per heavy atom. The van der Waals surface area contributed by atoms with Gasteiger partial charge in [-0.2, -0.15) is 0 Å². The quantitative estimate of drug-likeness (QED) is 0.681. The van der Waals surface area contributed by atoms with Crippen molar-refractivity contribution >= 4 is 5.97 Å². The number of nitrogens with zero attached hydrogens (tertiary/aromatic N) is 2. The molecule has 19 heavy (non-hydrogen) atoms. The first-order valence-electron chi connectivity index (χ1n) is 7.36. The van der Waals surface area contributed by atoms with Crippen LogP contribution in [0.2, 0.25) is 0 Å². The van der Waals surface area contributed by atoms with Gasteiger partial charge in [0.1, 0.15) is 6.04 Å². The van der Waals surface area contributed by atoms with E-state index in [1.54, 1.807) is 0 Å². The van der Waals surface area contributed by atoms with Gasteiger partial charge in [0.15, 0.2) is 0 Å². The lowest BCUT2D eigenvalue weighted by Gasteiger charge is -2.32. The second-order valence-corrected chi connectivity index (χ2v) is 5.75. The highest BCUT2D eigenvalue weighted by molar-refractivity contribution is 5.73. The SMILES string of the molecule is CCNC(CCN(C)CC1CCN(C)CC1)C(=O)O. The van der Waals surface area contributed by atoms with Crippen molar-refractivity contribution in [1.82, 2.24) is 15.1 Å². The molecule has 0 amide bonds. The summed E-state index contributed by atoms with van der Waals surface area (Å²) in [5, 5.41) is 12.1. The summed E-state index contributed by atoms with van der Waals surface area (Å²) in [5.74, 6) is 0.0261. The first-order valence-corrected chi connectivity index (χ1v) is 7.36. The summed E-state index contributed by atoms with van der Waals surface area (Å²) in [7, 11) is 4.27. The molecular formula is C14H29N3O2. The molecular weight excluding hydrogens is 242 g/mol. The zero-order valence-corrected chi connectivity index (χ0v) is 12.6. The molecule has 1 heterocycles. The Morgan fingerprint density at radius 1 is 1.47 bits per heavy atom. The molecule has 5 heteroatoms. The zero-order valence-electron chi connectivity index (χ0n) is 12.6. The number of hydrogen-bond acceptors (Lipinski definition) is 4. The summed E-state index contributed by atoms with van der Waals surface area (Å²) in [6, 6.07) is -0.412. The molecule has 1 aliphatic heterocycles. The second kappa shape index (κ2) is 8.51. The maximum Gasteiger partial charge on any atom is 0.320 e. The lowest BCUT2D eigenvalue weighted by Crippen LogP contribution is -2.41. The zero-order chi connectivity index (χ0) is 14.3. The number of likely N-dealkylation sites (tertiary alicyclic amines) is 1. The molecule has 5 nitrogen and oxygen atoms in total. The van der Waals surface area contributed by atoms with Crippen LogP contribution in [0.4, 0.5) is 0 Å². The number of aliphatic carboxylic acids is 1. The number of piperidine rings is 1. The van der Waals surface area contributed by atoms with Crippen molar-refractivity contribution in [3.63, 3.8) is 0 Å². The van der Waals surface area contributed by atoms with Crippen LogP contribution in [0.25, 0.3) is 0 Å². The van der Waals surface area contributed by atoms with Gasteiger partial charge >= 0.3 is 5.97 Å². The summed E-state index contributed by atoms with van der Waals surface area (Å²) < 4.78 is 0. The van der Waals surface area contributed by atoms with E-state index in [4.69, 9.17) is 5.11 Å². The highest BCUT2D eigenvalue weighted by atomic mass is 16.4. The minimum Gasteiger partial charge on any atom is -0.480 e. The van der Waals surface area contributed by atoms with Gasteiger partial charge in [0.25, 0.3) is 0 Å². The third kappa shape index (κ3) is 6.36. The molecule has 1 fully saturated rings. The van der Waals surface area contributed by atoms with Gasteiger partial charge in [-0.15, -0.1) is 0 Å². The standard InChI is InChI=1S/C14H29N3O2/c1-4-15-13(14(18)19)7-10-17(3)11-12-5-8-16(2)9-6-12/h12-13,15H,4-11H2,1-3H3,(H,18,19). The number of rotatable bonds is 8. The van der Waals surface area contributed by atoms with Crippen LogP contribution in [0.3, 0.4) is 0 Å². The van der Waals surface area contributed by atoms with E-state index < -0.39 is 12.0 Å². The topological polar surface area (TPSA) is 55.8 Å². The summed E-state index contributed by atoms with van der Waals surface area (Å²) >= 11 is 0. The van der Waals surface area contributed by atoms with Gasteiger partial charge in [-0.25, -0.2) is 0 Å². The fourth-order valence-electron chi connectivity index (χ4n) is 2.69. The van der Waals surface area contributed by atoms with Crippen LogP contribution in [-0.2, 0) is 4.79 Å². The largest absolute Gasteiger partial charge is 0.480 e. The van der Waals surface area contributed by atoms with E-state index >= 15 is 0 Å². The maximum atomic E-state index is 11.0. The van der Waals surface area contributed by atoms with E-state index in [-0.39, 0.29) is 0 Å². The summed E-state index contributed by atoms with van der Waals surface area (Å²) in [5.41, 5.74) is 0. The average Bonchev–Trinajstić information content (AvgIpc) is 2.37. The van der Waals surface area contributed by atoms with Crippen molar-refractivity contribution in [3.8, 4) is 0 Å². The number of carboxylic acids is 1. The molecule has 0 aromatic rings. The molecule has 1 atom stereocenters. The third-order valence-electron chi connectivity index (χ3n) is 3.96. The Labute approximate surface area is 117 Å². The molecule has 0 bridgehead atoms. The smallest absolute Gasteiger partial charge is 0.320 e. The number of likely N-dealkylation sites (N-methyl/N-ethyl adjacent to an activating group) is 1. The maximum absolute atomic E-state index is 11.0. The highest BCUT2D eigenvalue weighted by Gasteiger charge is 2.20. The molecule has 1 rings (SSSR count). The third-order valence-corrected chi connectivity index (χ3v) is 3.96. The minimum absolute atomic E-state index is 0.412. The van der Waals surface area contributed by atoms with Crippen LogP contribution >= 0.6 is 0 Å². The van der Waals surface area contributed by atoms with Crippen LogP contribution in [0.15, 0.2) is 0 Å². The van der Waals surface area contributed by atoms with Gasteiger partial charge in [-0.1, -0.05) is 6.92 Å². The lowest BCUT2D eigenvalue weighted by atomic mass is 9.96. The molecule has 1 unspecified atom stereocenters. The van der Waals surface area contributed by atoms with Crippen molar-refractivity contribution < 1.29 is 9.90 Å². The normalized spacial score (nSPS) is 19.8. The minimum atomic E-state index is -0.741. The number of carbonyl (C=O) groups is 1. The average molecular weight is 271 g/mol. The Kier molecular flexibility index (Phi) is 7.34. The van der Waals surface area contributed by atoms with Gasteiger partial charge in [0, 0.05) is 6.54 Å². The van der Waals surface area contributed by atoms with Crippen molar-refractivity contribution in [2.24, 2.45) is 5.92 Å². The van der Waals surface area contributed by atoms with Crippen LogP contribution in [0.5, 0.6) is 0 Å². The number of carboxylic acid groups (broad SMARTS) is 1. The Balaban J connectivity index is 2.22. The molecule has 0 spiro atoms. The van der Waals surface area contributed by atoms with E-state index in [0.29, 0.717) is 13.0 Å². The van der Waals surface area contributed by atoms with Crippen molar-refractivity contribution in [2.75, 3.05) is 46.8 Å². The Hall–Kier alpha value is -0.650. The summed E-state index contributed by atoms with van der Waals surface area (Å²) in [6.45, 7) is 6.96. The monoisotopic (exact) mass is 271 g/mol. The van der Waals surface area contributed by atoms with E-state index in [2.05, 4.69) is 29.2 Å². The van der Waals surface area contributed by atoms with Crippen LogP contribution in [0, 0.1) is 5.92 Å². The molecule has 2 N–H and O–H groups in total. The summed E-state index contributed by atoms with van der Waals surface area (Å²) in [4.78, 5) is 15.7. The molecule has 0 aliphatic carbocycles. The van der Waals surface area contributed by atoms with Crippen LogP contribution in [-0.4, -0.2) is 73.7 Å². The second-order valence-electron chi connectivity index (χ2n) is 5.75. The lowest BCUT2D eigenvalue weighted by molar-refractivity contribution is -0.139. The van der Waals surface area contributed by atoms with Crippen LogP contribution < -0.4 is 5.32 Å². The van der Waals surface area contributed by atoms with Crippen LogP contribution in [0.1, 0.15) is 26.2 Å². The molecule has 112 valence electrons. The highest BCUT2D eigenvalue weighted by Crippen LogP contribution is 2.16. The van der Waals surface area contributed by atoms with Gasteiger partial charge in [0.05, 0.1) is 0 Å². The van der Waals surface area contributed by atoms with E-state index in [1.165, 1.54) is 25.9 Å². The Bertz CT molecular complexity index is 265. The van der Waals surface area contributed by atoms with E-state index in [9.17, 15) is 4.79 Å².